The summed E-state index contributed by atoms with van der Waals surface area (Å²) >= 11 is 0. The number of nitrogens with one attached hydrogen (secondary N) is 1. The summed E-state index contributed by atoms with van der Waals surface area (Å²) in [5.41, 5.74) is 2.30. The number of hydrogen-bond acceptors (Lipinski definition) is 4. The Morgan fingerprint density at radius 3 is 2.71 bits per heavy atom. The van der Waals surface area contributed by atoms with Crippen molar-refractivity contribution in [3.05, 3.63) is 17.5 Å². The van der Waals surface area contributed by atoms with Crippen LogP contribution in [0.5, 0.6) is 0 Å². The van der Waals surface area contributed by atoms with Crippen LogP contribution in [0.1, 0.15) is 37.4 Å². The van der Waals surface area contributed by atoms with Crippen LogP contribution in [0.3, 0.4) is 0 Å². The van der Waals surface area contributed by atoms with Gasteiger partial charge in [-0.2, -0.15) is 0 Å². The summed E-state index contributed by atoms with van der Waals surface area (Å²) in [5, 5.41) is 3.31. The van der Waals surface area contributed by atoms with Gasteiger partial charge in [-0.15, -0.1) is 0 Å². The number of aryl methyl sites for hydroxylation is 1. The minimum absolute atomic E-state index is 0.864. The molecule has 4 heteroatoms. The van der Waals surface area contributed by atoms with E-state index in [1.165, 1.54) is 24.8 Å². The van der Waals surface area contributed by atoms with Crippen molar-refractivity contribution >= 4 is 5.95 Å². The number of aromatic nitrogens is 2. The molecule has 1 aromatic heterocycles. The molecule has 0 bridgehead atoms. The van der Waals surface area contributed by atoms with Crippen molar-refractivity contribution in [1.29, 1.82) is 0 Å². The average molecular weight is 234 g/mol. The minimum atomic E-state index is 0.864. The smallest absolute Gasteiger partial charge is 0.225 e. The van der Waals surface area contributed by atoms with E-state index < -0.39 is 0 Å². The molecule has 94 valence electrons. The highest BCUT2D eigenvalue weighted by atomic mass is 15.2. The van der Waals surface area contributed by atoms with E-state index in [0.29, 0.717) is 0 Å². The van der Waals surface area contributed by atoms with Crippen LogP contribution in [-0.4, -0.2) is 29.6 Å². The van der Waals surface area contributed by atoms with Gasteiger partial charge >= 0.3 is 0 Å². The third-order valence-electron chi connectivity index (χ3n) is 3.27. The van der Waals surface area contributed by atoms with Gasteiger partial charge in [0.15, 0.2) is 0 Å². The molecule has 1 saturated heterocycles. The Morgan fingerprint density at radius 1 is 1.29 bits per heavy atom. The van der Waals surface area contributed by atoms with Crippen molar-refractivity contribution in [2.75, 3.05) is 24.5 Å². The molecule has 0 radical (unpaired) electrons. The molecule has 1 fully saturated rings. The Labute approximate surface area is 103 Å². The molecule has 0 atom stereocenters. The molecular formula is C13H22N4. The van der Waals surface area contributed by atoms with E-state index in [9.17, 15) is 0 Å². The van der Waals surface area contributed by atoms with E-state index in [2.05, 4.69) is 34.0 Å². The molecule has 0 saturated carbocycles. The topological polar surface area (TPSA) is 41.1 Å². The third-order valence-corrected chi connectivity index (χ3v) is 3.27. The number of anilines is 1. The maximum absolute atomic E-state index is 4.62. The number of piperidine rings is 1. The SMILES string of the molecule is CCNCc1cnc(N2CCCCC2)nc1C. The molecule has 0 amide bonds. The van der Waals surface area contributed by atoms with Crippen molar-refractivity contribution in [3.63, 3.8) is 0 Å². The lowest BCUT2D eigenvalue weighted by Gasteiger charge is -2.26. The second kappa shape index (κ2) is 5.96. The summed E-state index contributed by atoms with van der Waals surface area (Å²) in [6.45, 7) is 8.23. The van der Waals surface area contributed by atoms with E-state index in [1.54, 1.807) is 0 Å². The summed E-state index contributed by atoms with van der Waals surface area (Å²) in [4.78, 5) is 11.4. The molecule has 17 heavy (non-hydrogen) atoms. The molecular weight excluding hydrogens is 212 g/mol. The van der Waals surface area contributed by atoms with E-state index in [0.717, 1.165) is 37.8 Å². The largest absolute Gasteiger partial charge is 0.341 e. The van der Waals surface area contributed by atoms with Gasteiger partial charge in [0.25, 0.3) is 0 Å². The maximum atomic E-state index is 4.62. The van der Waals surface area contributed by atoms with E-state index in [4.69, 9.17) is 0 Å². The van der Waals surface area contributed by atoms with Crippen molar-refractivity contribution in [2.24, 2.45) is 0 Å². The fourth-order valence-corrected chi connectivity index (χ4v) is 2.16. The van der Waals surface area contributed by atoms with Gasteiger partial charge < -0.3 is 10.2 Å². The quantitative estimate of drug-likeness (QED) is 0.863. The number of hydrogen-bond donors (Lipinski definition) is 1. The molecule has 1 aromatic rings. The summed E-state index contributed by atoms with van der Waals surface area (Å²) in [5.74, 6) is 0.905. The second-order valence-corrected chi connectivity index (χ2v) is 4.61. The summed E-state index contributed by atoms with van der Waals surface area (Å²) in [6, 6.07) is 0. The van der Waals surface area contributed by atoms with Crippen LogP contribution in [0.25, 0.3) is 0 Å². The van der Waals surface area contributed by atoms with Crippen LogP contribution in [0.15, 0.2) is 6.20 Å². The van der Waals surface area contributed by atoms with E-state index in [1.807, 2.05) is 6.20 Å². The van der Waals surface area contributed by atoms with Gasteiger partial charge in [0.05, 0.1) is 0 Å². The summed E-state index contributed by atoms with van der Waals surface area (Å²) in [7, 11) is 0. The molecule has 1 aliphatic heterocycles. The molecule has 4 nitrogen and oxygen atoms in total. The van der Waals surface area contributed by atoms with Gasteiger partial charge in [-0.05, 0) is 32.7 Å². The lowest BCUT2D eigenvalue weighted by molar-refractivity contribution is 0.567. The zero-order chi connectivity index (χ0) is 12.1. The van der Waals surface area contributed by atoms with Gasteiger partial charge in [0.1, 0.15) is 0 Å². The third kappa shape index (κ3) is 3.16. The predicted molar refractivity (Wildman–Crippen MR) is 70.2 cm³/mol. The lowest BCUT2D eigenvalue weighted by Crippen LogP contribution is -2.31. The average Bonchev–Trinajstić information content (AvgIpc) is 2.38. The Bertz CT molecular complexity index is 358. The Balaban J connectivity index is 2.06. The molecule has 2 rings (SSSR count). The first kappa shape index (κ1) is 12.3. The van der Waals surface area contributed by atoms with Gasteiger partial charge in [0.2, 0.25) is 5.95 Å². The van der Waals surface area contributed by atoms with Gasteiger partial charge in [-0.25, -0.2) is 9.97 Å². The first-order chi connectivity index (χ1) is 8.31. The number of rotatable bonds is 4. The van der Waals surface area contributed by atoms with Gasteiger partial charge in [0, 0.05) is 37.1 Å². The normalized spacial score (nSPS) is 16.2. The maximum Gasteiger partial charge on any atom is 0.225 e. The first-order valence-electron chi connectivity index (χ1n) is 6.59. The Kier molecular flexibility index (Phi) is 4.31. The van der Waals surface area contributed by atoms with Crippen LogP contribution >= 0.6 is 0 Å². The molecule has 0 unspecified atom stereocenters. The molecule has 0 spiro atoms. The highest BCUT2D eigenvalue weighted by molar-refractivity contribution is 5.33. The van der Waals surface area contributed by atoms with Crippen molar-refractivity contribution < 1.29 is 0 Å². The molecule has 1 aliphatic rings. The zero-order valence-electron chi connectivity index (χ0n) is 10.9. The van der Waals surface area contributed by atoms with E-state index in [-0.39, 0.29) is 0 Å². The lowest BCUT2D eigenvalue weighted by atomic mass is 10.1. The standard InChI is InChI=1S/C13H22N4/c1-3-14-9-12-10-15-13(16-11(12)2)17-7-5-4-6-8-17/h10,14H,3-9H2,1-2H3. The van der Waals surface area contributed by atoms with E-state index >= 15 is 0 Å². The van der Waals surface area contributed by atoms with Crippen LogP contribution in [-0.2, 0) is 6.54 Å². The summed E-state index contributed by atoms with van der Waals surface area (Å²) in [6.07, 6.45) is 5.84. The Hall–Kier alpha value is -1.16. The van der Waals surface area contributed by atoms with Crippen molar-refractivity contribution in [2.45, 2.75) is 39.7 Å². The number of nitrogens with zero attached hydrogens (tertiary/aromatic N) is 3. The van der Waals surface area contributed by atoms with Gasteiger partial charge in [-0.3, -0.25) is 0 Å². The fraction of sp³-hybridized carbons (Fsp3) is 0.692. The highest BCUT2D eigenvalue weighted by Gasteiger charge is 2.14. The van der Waals surface area contributed by atoms with Crippen LogP contribution in [0.2, 0.25) is 0 Å². The molecule has 2 heterocycles. The minimum Gasteiger partial charge on any atom is -0.341 e. The van der Waals surface area contributed by atoms with Crippen molar-refractivity contribution in [1.82, 2.24) is 15.3 Å². The van der Waals surface area contributed by atoms with Gasteiger partial charge in [-0.1, -0.05) is 6.92 Å². The molecule has 0 aromatic carbocycles. The van der Waals surface area contributed by atoms with Crippen LogP contribution < -0.4 is 10.2 Å². The van der Waals surface area contributed by atoms with Crippen molar-refractivity contribution in [3.8, 4) is 0 Å². The van der Waals surface area contributed by atoms with Crippen LogP contribution in [0, 0.1) is 6.92 Å². The second-order valence-electron chi connectivity index (χ2n) is 4.61. The summed E-state index contributed by atoms with van der Waals surface area (Å²) < 4.78 is 0. The van der Waals surface area contributed by atoms with Crippen LogP contribution in [0.4, 0.5) is 5.95 Å². The zero-order valence-corrected chi connectivity index (χ0v) is 10.9. The molecule has 1 N–H and O–H groups in total. The first-order valence-corrected chi connectivity index (χ1v) is 6.59. The molecule has 0 aliphatic carbocycles. The monoisotopic (exact) mass is 234 g/mol. The Morgan fingerprint density at radius 2 is 2.06 bits per heavy atom. The fourth-order valence-electron chi connectivity index (χ4n) is 2.16. The highest BCUT2D eigenvalue weighted by Crippen LogP contribution is 2.16. The predicted octanol–water partition coefficient (Wildman–Crippen LogP) is 1.88.